The fourth-order valence-corrected chi connectivity index (χ4v) is 5.14. The van der Waals surface area contributed by atoms with E-state index in [9.17, 15) is 19.1 Å². The third-order valence-electron chi connectivity index (χ3n) is 7.01. The molecule has 0 radical (unpaired) electrons. The van der Waals surface area contributed by atoms with E-state index in [-0.39, 0.29) is 35.4 Å². The normalized spacial score (nSPS) is 16.3. The lowest BCUT2D eigenvalue weighted by Crippen LogP contribution is -2.33. The van der Waals surface area contributed by atoms with Gasteiger partial charge in [-0.05, 0) is 48.9 Å². The minimum absolute atomic E-state index is 0.0385. The molecule has 1 atom stereocenters. The number of carboxylic acid groups (broad SMARTS) is 1. The summed E-state index contributed by atoms with van der Waals surface area (Å²) in [5, 5.41) is 18.0. The number of halogens is 2. The Kier molecular flexibility index (Phi) is 5.58. The van der Waals surface area contributed by atoms with E-state index in [2.05, 4.69) is 20.4 Å². The fourth-order valence-electron chi connectivity index (χ4n) is 4.97. The number of fused-ring (bicyclic) bond motifs is 2. The average Bonchev–Trinajstić information content (AvgIpc) is 3.39. The van der Waals surface area contributed by atoms with Crippen molar-refractivity contribution in [3.05, 3.63) is 99.8 Å². The van der Waals surface area contributed by atoms with Crippen LogP contribution in [0.2, 0.25) is 5.02 Å². The van der Waals surface area contributed by atoms with Crippen LogP contribution in [-0.2, 0) is 16.8 Å². The molecule has 9 nitrogen and oxygen atoms in total. The standard InChI is InChI=1S/C28H20ClFN6O3/c1-28(16-7-4-6-14(11-16)26(37)38)21-23(31)32-25(33-24(21)34-27(28)39)22-18-10-9-17(29)12-20(18)36(35-22)13-15-5-2-3-8-19(15)30/h2-12H,13H2,1H3,(H,37,38)(H3,31,32,33,34,39). The van der Waals surface area contributed by atoms with E-state index >= 15 is 0 Å². The number of aromatic carboxylic acids is 1. The number of benzene rings is 3. The van der Waals surface area contributed by atoms with Crippen molar-refractivity contribution < 1.29 is 19.1 Å². The zero-order chi connectivity index (χ0) is 27.5. The van der Waals surface area contributed by atoms with Crippen LogP contribution in [0, 0.1) is 5.82 Å². The number of nitrogens with zero attached hydrogens (tertiary/aromatic N) is 4. The Morgan fingerprint density at radius 2 is 1.92 bits per heavy atom. The van der Waals surface area contributed by atoms with Gasteiger partial charge in [-0.3, -0.25) is 9.48 Å². The molecule has 1 aliphatic rings. The van der Waals surface area contributed by atoms with Crippen molar-refractivity contribution >= 4 is 46.0 Å². The zero-order valence-corrected chi connectivity index (χ0v) is 21.2. The number of hydrogen-bond donors (Lipinski definition) is 3. The molecular formula is C28H20ClFN6O3. The second kappa shape index (κ2) is 8.88. The smallest absolute Gasteiger partial charge is 0.335 e. The van der Waals surface area contributed by atoms with Crippen LogP contribution in [0.15, 0.2) is 66.7 Å². The zero-order valence-electron chi connectivity index (χ0n) is 20.4. The number of amides is 1. The summed E-state index contributed by atoms with van der Waals surface area (Å²) in [6, 6.07) is 17.7. The summed E-state index contributed by atoms with van der Waals surface area (Å²) in [7, 11) is 0. The third-order valence-corrected chi connectivity index (χ3v) is 7.25. The van der Waals surface area contributed by atoms with Gasteiger partial charge in [0.1, 0.15) is 28.6 Å². The Balaban J connectivity index is 1.49. The first-order valence-electron chi connectivity index (χ1n) is 11.9. The molecule has 6 rings (SSSR count). The van der Waals surface area contributed by atoms with E-state index in [0.29, 0.717) is 38.3 Å². The highest BCUT2D eigenvalue weighted by Crippen LogP contribution is 2.45. The van der Waals surface area contributed by atoms with E-state index in [1.807, 2.05) is 0 Å². The van der Waals surface area contributed by atoms with Gasteiger partial charge in [-0.2, -0.15) is 5.10 Å². The Hall–Kier alpha value is -4.83. The number of nitrogens with one attached hydrogen (secondary N) is 1. The SMILES string of the molecule is CC1(c2cccc(C(=O)O)c2)C(=O)Nc2nc(-c3nn(Cc4ccccc4F)c4cc(Cl)ccc34)nc(N)c21. The molecule has 0 fully saturated rings. The second-order valence-corrected chi connectivity index (χ2v) is 9.82. The minimum atomic E-state index is -1.32. The van der Waals surface area contributed by atoms with Gasteiger partial charge in [-0.15, -0.1) is 0 Å². The Morgan fingerprint density at radius 3 is 2.69 bits per heavy atom. The molecule has 3 heterocycles. The monoisotopic (exact) mass is 542 g/mol. The summed E-state index contributed by atoms with van der Waals surface area (Å²) < 4.78 is 16.0. The van der Waals surface area contributed by atoms with E-state index < -0.39 is 17.3 Å². The highest BCUT2D eigenvalue weighted by molar-refractivity contribution is 6.31. The largest absolute Gasteiger partial charge is 0.478 e. The van der Waals surface area contributed by atoms with Crippen LogP contribution in [0.5, 0.6) is 0 Å². The van der Waals surface area contributed by atoms with Crippen LogP contribution >= 0.6 is 11.6 Å². The van der Waals surface area contributed by atoms with Crippen LogP contribution in [0.1, 0.15) is 34.0 Å². The summed E-state index contributed by atoms with van der Waals surface area (Å²) in [4.78, 5) is 33.9. The molecule has 11 heteroatoms. The van der Waals surface area contributed by atoms with E-state index in [1.54, 1.807) is 60.1 Å². The number of carboxylic acids is 1. The van der Waals surface area contributed by atoms with Crippen LogP contribution in [0.25, 0.3) is 22.4 Å². The van der Waals surface area contributed by atoms with Gasteiger partial charge >= 0.3 is 5.97 Å². The van der Waals surface area contributed by atoms with Gasteiger partial charge in [0.05, 0.1) is 23.2 Å². The Morgan fingerprint density at radius 1 is 1.13 bits per heavy atom. The number of nitrogens with two attached hydrogens (primary N) is 1. The summed E-state index contributed by atoms with van der Waals surface area (Å²) >= 11 is 6.27. The molecule has 4 N–H and O–H groups in total. The maximum absolute atomic E-state index is 14.4. The van der Waals surface area contributed by atoms with Gasteiger partial charge in [0.25, 0.3) is 0 Å². The number of carbonyl (C=O) groups excluding carboxylic acids is 1. The van der Waals surface area contributed by atoms with Crippen molar-refractivity contribution in [1.82, 2.24) is 19.7 Å². The number of nitrogen functional groups attached to an aromatic ring is 1. The van der Waals surface area contributed by atoms with Crippen LogP contribution in [-0.4, -0.2) is 36.7 Å². The molecule has 5 aromatic rings. The summed E-state index contributed by atoms with van der Waals surface area (Å²) in [5.74, 6) is -1.48. The van der Waals surface area contributed by atoms with Crippen molar-refractivity contribution in [2.24, 2.45) is 0 Å². The second-order valence-electron chi connectivity index (χ2n) is 9.38. The Bertz CT molecular complexity index is 1840. The number of carbonyl (C=O) groups is 2. The van der Waals surface area contributed by atoms with Gasteiger partial charge < -0.3 is 16.2 Å². The number of aromatic nitrogens is 4. The predicted octanol–water partition coefficient (Wildman–Crippen LogP) is 4.87. The third kappa shape index (κ3) is 3.88. The van der Waals surface area contributed by atoms with E-state index in [4.69, 9.17) is 17.3 Å². The van der Waals surface area contributed by atoms with Crippen molar-refractivity contribution in [2.75, 3.05) is 11.1 Å². The van der Waals surface area contributed by atoms with Crippen molar-refractivity contribution in [3.8, 4) is 11.5 Å². The van der Waals surface area contributed by atoms with E-state index in [0.717, 1.165) is 0 Å². The highest BCUT2D eigenvalue weighted by atomic mass is 35.5. The highest BCUT2D eigenvalue weighted by Gasteiger charge is 2.47. The molecule has 0 saturated carbocycles. The van der Waals surface area contributed by atoms with Gasteiger partial charge in [-0.25, -0.2) is 19.2 Å². The molecule has 0 aliphatic carbocycles. The average molecular weight is 543 g/mol. The molecule has 1 unspecified atom stereocenters. The molecule has 0 saturated heterocycles. The lowest BCUT2D eigenvalue weighted by Gasteiger charge is -2.23. The summed E-state index contributed by atoms with van der Waals surface area (Å²) in [6.07, 6.45) is 0. The van der Waals surface area contributed by atoms with Crippen molar-refractivity contribution in [1.29, 1.82) is 0 Å². The Labute approximate surface area is 226 Å². The molecular weight excluding hydrogens is 523 g/mol. The molecule has 3 aromatic carbocycles. The van der Waals surface area contributed by atoms with Crippen molar-refractivity contribution in [3.63, 3.8) is 0 Å². The molecule has 1 amide bonds. The quantitative estimate of drug-likeness (QED) is 0.288. The first kappa shape index (κ1) is 24.5. The van der Waals surface area contributed by atoms with Crippen molar-refractivity contribution in [2.45, 2.75) is 18.9 Å². The van der Waals surface area contributed by atoms with Gasteiger partial charge in [0.15, 0.2) is 5.82 Å². The first-order valence-corrected chi connectivity index (χ1v) is 12.3. The molecule has 39 heavy (non-hydrogen) atoms. The topological polar surface area (TPSA) is 136 Å². The lowest BCUT2D eigenvalue weighted by molar-refractivity contribution is -0.119. The van der Waals surface area contributed by atoms with Crippen LogP contribution < -0.4 is 11.1 Å². The summed E-state index contributed by atoms with van der Waals surface area (Å²) in [6.45, 7) is 1.79. The molecule has 0 bridgehead atoms. The fraction of sp³-hybridized carbons (Fsp3) is 0.107. The number of hydrogen-bond acceptors (Lipinski definition) is 6. The van der Waals surface area contributed by atoms with E-state index in [1.165, 1.54) is 18.2 Å². The maximum atomic E-state index is 14.4. The molecule has 2 aromatic heterocycles. The number of anilines is 2. The predicted molar refractivity (Wildman–Crippen MR) is 144 cm³/mol. The first-order chi connectivity index (χ1) is 18.7. The van der Waals surface area contributed by atoms with Crippen LogP contribution in [0.3, 0.4) is 0 Å². The van der Waals surface area contributed by atoms with Gasteiger partial charge in [-0.1, -0.05) is 41.9 Å². The van der Waals surface area contributed by atoms with Gasteiger partial charge in [0, 0.05) is 16.0 Å². The lowest BCUT2D eigenvalue weighted by atomic mass is 9.77. The molecule has 1 aliphatic heterocycles. The minimum Gasteiger partial charge on any atom is -0.478 e. The summed E-state index contributed by atoms with van der Waals surface area (Å²) in [5.41, 5.74) is 7.40. The van der Waals surface area contributed by atoms with Gasteiger partial charge in [0.2, 0.25) is 5.91 Å². The number of rotatable bonds is 5. The van der Waals surface area contributed by atoms with Crippen LogP contribution in [0.4, 0.5) is 16.0 Å². The maximum Gasteiger partial charge on any atom is 0.335 e. The molecule has 194 valence electrons. The molecule has 0 spiro atoms.